The largest absolute Gasteiger partial charge is 0.481 e. The number of benzene rings is 1. The summed E-state index contributed by atoms with van der Waals surface area (Å²) in [7, 11) is 0. The van der Waals surface area contributed by atoms with Crippen molar-refractivity contribution in [2.45, 2.75) is 12.5 Å². The van der Waals surface area contributed by atoms with Crippen LogP contribution in [0.1, 0.15) is 18.0 Å². The van der Waals surface area contributed by atoms with E-state index in [-0.39, 0.29) is 0 Å². The van der Waals surface area contributed by atoms with Crippen molar-refractivity contribution >= 4 is 5.97 Å². The van der Waals surface area contributed by atoms with Crippen molar-refractivity contribution in [3.05, 3.63) is 35.4 Å². The van der Waals surface area contributed by atoms with Gasteiger partial charge >= 0.3 is 5.97 Å². The quantitative estimate of drug-likeness (QED) is 0.808. The molecule has 3 nitrogen and oxygen atoms in total. The van der Waals surface area contributed by atoms with Crippen LogP contribution in [0.2, 0.25) is 0 Å². The standard InChI is InChI=1S/C11H11F2NO2/c12-8-2-1-6(5-9(8)13)10-7(11(15)16)3-4-14-10/h1-2,5,7,10,14H,3-4H2,(H,15,16). The van der Waals surface area contributed by atoms with E-state index >= 15 is 0 Å². The fourth-order valence-electron chi connectivity index (χ4n) is 2.03. The molecule has 1 aromatic carbocycles. The number of hydrogen-bond acceptors (Lipinski definition) is 2. The van der Waals surface area contributed by atoms with Crippen molar-refractivity contribution in [1.29, 1.82) is 0 Å². The van der Waals surface area contributed by atoms with Crippen molar-refractivity contribution in [1.82, 2.24) is 5.32 Å². The number of carbonyl (C=O) groups is 1. The third kappa shape index (κ3) is 1.90. The molecule has 0 spiro atoms. The molecular formula is C11H11F2NO2. The molecule has 1 aromatic rings. The number of carboxylic acids is 1. The Hall–Kier alpha value is -1.49. The zero-order valence-electron chi connectivity index (χ0n) is 8.41. The summed E-state index contributed by atoms with van der Waals surface area (Å²) in [5, 5.41) is 11.9. The van der Waals surface area contributed by atoms with E-state index in [0.717, 1.165) is 12.1 Å². The zero-order chi connectivity index (χ0) is 11.7. The Morgan fingerprint density at radius 2 is 2.12 bits per heavy atom. The number of rotatable bonds is 2. The second-order valence-electron chi connectivity index (χ2n) is 3.84. The van der Waals surface area contributed by atoms with Crippen LogP contribution in [-0.2, 0) is 4.79 Å². The van der Waals surface area contributed by atoms with E-state index in [1.807, 2.05) is 0 Å². The molecule has 16 heavy (non-hydrogen) atoms. The van der Waals surface area contributed by atoms with Crippen molar-refractivity contribution in [2.24, 2.45) is 5.92 Å². The van der Waals surface area contributed by atoms with Crippen LogP contribution >= 0.6 is 0 Å². The van der Waals surface area contributed by atoms with Crippen LogP contribution in [0.5, 0.6) is 0 Å². The normalized spacial score (nSPS) is 24.6. The third-order valence-corrected chi connectivity index (χ3v) is 2.84. The lowest BCUT2D eigenvalue weighted by Crippen LogP contribution is -2.23. The molecule has 0 bridgehead atoms. The Morgan fingerprint density at radius 1 is 1.38 bits per heavy atom. The summed E-state index contributed by atoms with van der Waals surface area (Å²) in [6.07, 6.45) is 0.499. The molecule has 2 atom stereocenters. The summed E-state index contributed by atoms with van der Waals surface area (Å²) < 4.78 is 25.7. The van der Waals surface area contributed by atoms with Crippen molar-refractivity contribution in [3.63, 3.8) is 0 Å². The third-order valence-electron chi connectivity index (χ3n) is 2.84. The van der Waals surface area contributed by atoms with Crippen LogP contribution in [0, 0.1) is 17.6 Å². The van der Waals surface area contributed by atoms with Gasteiger partial charge in [0.25, 0.3) is 0 Å². The molecule has 5 heteroatoms. The highest BCUT2D eigenvalue weighted by Crippen LogP contribution is 2.30. The Kier molecular flexibility index (Phi) is 2.87. The highest BCUT2D eigenvalue weighted by atomic mass is 19.2. The average molecular weight is 227 g/mol. The monoisotopic (exact) mass is 227 g/mol. The van der Waals surface area contributed by atoms with E-state index in [9.17, 15) is 13.6 Å². The first-order valence-corrected chi connectivity index (χ1v) is 5.00. The van der Waals surface area contributed by atoms with E-state index in [0.29, 0.717) is 18.5 Å². The molecule has 0 radical (unpaired) electrons. The van der Waals surface area contributed by atoms with Gasteiger partial charge in [-0.2, -0.15) is 0 Å². The first-order chi connectivity index (χ1) is 7.59. The lowest BCUT2D eigenvalue weighted by molar-refractivity contribution is -0.142. The van der Waals surface area contributed by atoms with Crippen molar-refractivity contribution in [3.8, 4) is 0 Å². The highest BCUT2D eigenvalue weighted by Gasteiger charge is 2.33. The maximum Gasteiger partial charge on any atom is 0.308 e. The van der Waals surface area contributed by atoms with Gasteiger partial charge in [-0.05, 0) is 30.7 Å². The van der Waals surface area contributed by atoms with Gasteiger partial charge in [0.2, 0.25) is 0 Å². The molecule has 2 N–H and O–H groups in total. The van der Waals surface area contributed by atoms with Gasteiger partial charge in [0.05, 0.1) is 5.92 Å². The SMILES string of the molecule is O=C(O)C1CCNC1c1ccc(F)c(F)c1. The molecule has 2 rings (SSSR count). The predicted octanol–water partition coefficient (Wildman–Crippen LogP) is 1.70. The number of aliphatic carboxylic acids is 1. The highest BCUT2D eigenvalue weighted by molar-refractivity contribution is 5.71. The van der Waals surface area contributed by atoms with Crippen LogP contribution in [0.25, 0.3) is 0 Å². The van der Waals surface area contributed by atoms with Gasteiger partial charge in [0.15, 0.2) is 11.6 Å². The minimum atomic E-state index is -0.949. The summed E-state index contributed by atoms with van der Waals surface area (Å²) in [4.78, 5) is 10.9. The number of nitrogens with one attached hydrogen (secondary N) is 1. The van der Waals surface area contributed by atoms with Crippen molar-refractivity contribution in [2.75, 3.05) is 6.54 Å². The Labute approximate surface area is 91.1 Å². The maximum atomic E-state index is 13.0. The number of carboxylic acid groups (broad SMARTS) is 1. The van der Waals surface area contributed by atoms with Gasteiger partial charge in [-0.1, -0.05) is 6.07 Å². The molecule has 1 aliphatic heterocycles. The first kappa shape index (κ1) is 11.0. The molecule has 1 saturated heterocycles. The summed E-state index contributed by atoms with van der Waals surface area (Å²) in [5.41, 5.74) is 0.476. The van der Waals surface area contributed by atoms with Crippen LogP contribution in [-0.4, -0.2) is 17.6 Å². The molecule has 0 aromatic heterocycles. The minimum Gasteiger partial charge on any atom is -0.481 e. The van der Waals surface area contributed by atoms with Gasteiger partial charge in [0, 0.05) is 6.04 Å². The summed E-state index contributed by atoms with van der Waals surface area (Å²) >= 11 is 0. The molecular weight excluding hydrogens is 216 g/mol. The van der Waals surface area contributed by atoms with Crippen LogP contribution in [0.15, 0.2) is 18.2 Å². The summed E-state index contributed by atoms with van der Waals surface area (Å²) in [5.74, 6) is -3.37. The number of halogens is 2. The maximum absolute atomic E-state index is 13.0. The van der Waals surface area contributed by atoms with Gasteiger partial charge in [-0.3, -0.25) is 4.79 Å². The molecule has 0 saturated carbocycles. The molecule has 86 valence electrons. The molecule has 0 amide bonds. The topological polar surface area (TPSA) is 49.3 Å². The minimum absolute atomic E-state index is 0.437. The van der Waals surface area contributed by atoms with E-state index in [2.05, 4.69) is 5.32 Å². The molecule has 1 fully saturated rings. The average Bonchev–Trinajstić information content (AvgIpc) is 2.71. The second-order valence-corrected chi connectivity index (χ2v) is 3.84. The second kappa shape index (κ2) is 4.17. The van der Waals surface area contributed by atoms with E-state index in [4.69, 9.17) is 5.11 Å². The number of hydrogen-bond donors (Lipinski definition) is 2. The van der Waals surface area contributed by atoms with Gasteiger partial charge < -0.3 is 10.4 Å². The van der Waals surface area contributed by atoms with Gasteiger partial charge in [-0.15, -0.1) is 0 Å². The predicted molar refractivity (Wildman–Crippen MR) is 52.8 cm³/mol. The van der Waals surface area contributed by atoms with E-state index < -0.39 is 29.6 Å². The smallest absolute Gasteiger partial charge is 0.308 e. The molecule has 0 aliphatic carbocycles. The fourth-order valence-corrected chi connectivity index (χ4v) is 2.03. The molecule has 1 heterocycles. The van der Waals surface area contributed by atoms with Gasteiger partial charge in [0.1, 0.15) is 0 Å². The van der Waals surface area contributed by atoms with Crippen molar-refractivity contribution < 1.29 is 18.7 Å². The summed E-state index contributed by atoms with van der Waals surface area (Å²) in [6, 6.07) is 3.04. The fraction of sp³-hybridized carbons (Fsp3) is 0.364. The summed E-state index contributed by atoms with van der Waals surface area (Å²) in [6.45, 7) is 0.570. The van der Waals surface area contributed by atoms with Crippen LogP contribution in [0.4, 0.5) is 8.78 Å². The molecule has 2 unspecified atom stereocenters. The van der Waals surface area contributed by atoms with Crippen LogP contribution < -0.4 is 5.32 Å². The van der Waals surface area contributed by atoms with E-state index in [1.165, 1.54) is 6.07 Å². The Balaban J connectivity index is 2.29. The van der Waals surface area contributed by atoms with E-state index in [1.54, 1.807) is 0 Å². The van der Waals surface area contributed by atoms with Gasteiger partial charge in [-0.25, -0.2) is 8.78 Å². The zero-order valence-corrected chi connectivity index (χ0v) is 8.41. The van der Waals surface area contributed by atoms with Crippen LogP contribution in [0.3, 0.4) is 0 Å². The first-order valence-electron chi connectivity index (χ1n) is 5.00. The molecule has 1 aliphatic rings. The lowest BCUT2D eigenvalue weighted by atomic mass is 9.94. The lowest BCUT2D eigenvalue weighted by Gasteiger charge is -2.16. The Morgan fingerprint density at radius 3 is 2.75 bits per heavy atom. The Bertz CT molecular complexity index is 422.